The molecule has 0 unspecified atom stereocenters. The summed E-state index contributed by atoms with van der Waals surface area (Å²) in [5.41, 5.74) is 10.7. The summed E-state index contributed by atoms with van der Waals surface area (Å²) >= 11 is 0. The highest BCUT2D eigenvalue weighted by Crippen LogP contribution is 2.07. The number of furan rings is 1. The maximum absolute atomic E-state index is 7.05. The van der Waals surface area contributed by atoms with E-state index in [1.165, 1.54) is 12.3 Å². The third-order valence-electron chi connectivity index (χ3n) is 1.20. The Kier molecular flexibility index (Phi) is 6.00. The first kappa shape index (κ1) is 14.3. The van der Waals surface area contributed by atoms with Gasteiger partial charge in [0, 0.05) is 0 Å². The molecule has 0 aliphatic carbocycles. The van der Waals surface area contributed by atoms with Gasteiger partial charge in [-0.05, 0) is 6.07 Å². The summed E-state index contributed by atoms with van der Waals surface area (Å²) in [5.74, 6) is -0.221. The van der Waals surface area contributed by atoms with Crippen LogP contribution in [0.3, 0.4) is 0 Å². The van der Waals surface area contributed by atoms with Crippen molar-refractivity contribution in [3.63, 3.8) is 0 Å². The van der Waals surface area contributed by atoms with Gasteiger partial charge >= 0.3 is 0 Å². The number of halogens is 2. The van der Waals surface area contributed by atoms with E-state index in [0.717, 1.165) is 0 Å². The average molecular weight is 225 g/mol. The van der Waals surface area contributed by atoms with E-state index in [-0.39, 0.29) is 42.2 Å². The van der Waals surface area contributed by atoms with Gasteiger partial charge < -0.3 is 15.9 Å². The van der Waals surface area contributed by atoms with Crippen LogP contribution in [-0.4, -0.2) is 11.7 Å². The molecular formula is C6H10Cl2N4O. The third kappa shape index (κ3) is 2.96. The molecule has 0 saturated carbocycles. The van der Waals surface area contributed by atoms with Gasteiger partial charge in [0.1, 0.15) is 5.84 Å². The van der Waals surface area contributed by atoms with E-state index in [1.807, 2.05) is 0 Å². The van der Waals surface area contributed by atoms with E-state index in [2.05, 4.69) is 0 Å². The van der Waals surface area contributed by atoms with Crippen molar-refractivity contribution in [3.8, 4) is 0 Å². The van der Waals surface area contributed by atoms with Crippen LogP contribution in [0.25, 0.3) is 0 Å². The molecule has 0 radical (unpaired) electrons. The topological polar surface area (TPSA) is 113 Å². The summed E-state index contributed by atoms with van der Waals surface area (Å²) in [6.07, 6.45) is 1.34. The van der Waals surface area contributed by atoms with E-state index in [0.29, 0.717) is 5.56 Å². The second kappa shape index (κ2) is 5.45. The van der Waals surface area contributed by atoms with Crippen LogP contribution in [0, 0.1) is 10.8 Å². The lowest BCUT2D eigenvalue weighted by Gasteiger charge is -1.95. The Balaban J connectivity index is 0. The van der Waals surface area contributed by atoms with Crippen LogP contribution in [0.2, 0.25) is 0 Å². The highest BCUT2D eigenvalue weighted by Gasteiger charge is 2.10. The molecule has 0 fully saturated rings. The average Bonchev–Trinajstić information content (AvgIpc) is 2.32. The first-order valence-corrected chi connectivity index (χ1v) is 2.89. The highest BCUT2D eigenvalue weighted by atomic mass is 35.5. The van der Waals surface area contributed by atoms with Gasteiger partial charge in [0.2, 0.25) is 0 Å². The van der Waals surface area contributed by atoms with E-state index in [1.54, 1.807) is 0 Å². The normalized spacial score (nSPS) is 8.00. The molecule has 0 spiro atoms. The Morgan fingerprint density at radius 2 is 1.69 bits per heavy atom. The van der Waals surface area contributed by atoms with Gasteiger partial charge in [0.15, 0.2) is 11.6 Å². The molecule has 1 aromatic rings. The monoisotopic (exact) mass is 224 g/mol. The lowest BCUT2D eigenvalue weighted by Crippen LogP contribution is -2.18. The molecule has 0 amide bonds. The molecule has 1 aromatic heterocycles. The molecule has 0 bridgehead atoms. The number of nitrogens with one attached hydrogen (secondary N) is 2. The van der Waals surface area contributed by atoms with Gasteiger partial charge in [-0.15, -0.1) is 24.8 Å². The number of nitrogen functional groups attached to an aromatic ring is 2. The van der Waals surface area contributed by atoms with Crippen LogP contribution in [-0.2, 0) is 0 Å². The number of nitrogens with two attached hydrogens (primary N) is 2. The minimum atomic E-state index is -0.222. The molecule has 1 rings (SSSR count). The van der Waals surface area contributed by atoms with Crippen molar-refractivity contribution >= 4 is 36.5 Å². The fourth-order valence-corrected chi connectivity index (χ4v) is 0.730. The maximum atomic E-state index is 7.05. The molecule has 0 atom stereocenters. The molecule has 74 valence electrons. The second-order valence-corrected chi connectivity index (χ2v) is 1.99. The van der Waals surface area contributed by atoms with Gasteiger partial charge in [-0.3, -0.25) is 10.8 Å². The summed E-state index contributed by atoms with van der Waals surface area (Å²) < 4.78 is 4.82. The molecule has 5 nitrogen and oxygen atoms in total. The largest absolute Gasteiger partial charge is 0.460 e. The number of hydrogen-bond donors (Lipinski definition) is 4. The first-order chi connectivity index (χ1) is 5.13. The Hall–Kier alpha value is -1.20. The van der Waals surface area contributed by atoms with Crippen LogP contribution >= 0.6 is 24.8 Å². The Morgan fingerprint density at radius 3 is 2.00 bits per heavy atom. The number of amidine groups is 2. The van der Waals surface area contributed by atoms with Crippen molar-refractivity contribution in [2.75, 3.05) is 0 Å². The molecule has 0 saturated heterocycles. The number of rotatable bonds is 2. The van der Waals surface area contributed by atoms with Gasteiger partial charge in [-0.1, -0.05) is 0 Å². The SMILES string of the molecule is Cl.Cl.N=C(N)c1ccoc1C(=N)N. The molecule has 0 aliphatic rings. The summed E-state index contributed by atoms with van der Waals surface area (Å²) in [6, 6.07) is 1.50. The standard InChI is InChI=1S/C6H8N4O.2ClH/c7-5(8)3-1-2-11-4(3)6(9)10;;/h1-2H,(H3,7,8)(H3,9,10);2*1H. The zero-order valence-electron chi connectivity index (χ0n) is 6.53. The van der Waals surface area contributed by atoms with Gasteiger partial charge in [0.05, 0.1) is 11.8 Å². The van der Waals surface area contributed by atoms with Crippen LogP contribution < -0.4 is 11.5 Å². The quantitative estimate of drug-likeness (QED) is 0.438. The minimum absolute atomic E-state index is 0. The third-order valence-corrected chi connectivity index (χ3v) is 1.20. The van der Waals surface area contributed by atoms with Crippen molar-refractivity contribution in [1.82, 2.24) is 0 Å². The maximum Gasteiger partial charge on any atom is 0.178 e. The fourth-order valence-electron chi connectivity index (χ4n) is 0.730. The molecule has 13 heavy (non-hydrogen) atoms. The first-order valence-electron chi connectivity index (χ1n) is 2.89. The van der Waals surface area contributed by atoms with E-state index in [9.17, 15) is 0 Å². The molecule has 0 aromatic carbocycles. The van der Waals surface area contributed by atoms with Gasteiger partial charge in [-0.25, -0.2) is 0 Å². The van der Waals surface area contributed by atoms with Crippen molar-refractivity contribution in [2.24, 2.45) is 11.5 Å². The predicted molar refractivity (Wildman–Crippen MR) is 55.2 cm³/mol. The Labute approximate surface area is 87.3 Å². The Morgan fingerprint density at radius 1 is 1.15 bits per heavy atom. The van der Waals surface area contributed by atoms with E-state index < -0.39 is 0 Å². The summed E-state index contributed by atoms with van der Waals surface area (Å²) in [7, 11) is 0. The zero-order chi connectivity index (χ0) is 8.43. The summed E-state index contributed by atoms with van der Waals surface area (Å²) in [6.45, 7) is 0. The minimum Gasteiger partial charge on any atom is -0.460 e. The molecule has 6 N–H and O–H groups in total. The fraction of sp³-hybridized carbons (Fsp3) is 0. The molecule has 7 heteroatoms. The van der Waals surface area contributed by atoms with Crippen LogP contribution in [0.1, 0.15) is 11.3 Å². The van der Waals surface area contributed by atoms with Crippen molar-refractivity contribution in [1.29, 1.82) is 10.8 Å². The van der Waals surface area contributed by atoms with Crippen LogP contribution in [0.4, 0.5) is 0 Å². The lowest BCUT2D eigenvalue weighted by atomic mass is 10.2. The van der Waals surface area contributed by atoms with Crippen LogP contribution in [0.15, 0.2) is 16.7 Å². The van der Waals surface area contributed by atoms with Crippen molar-refractivity contribution in [3.05, 3.63) is 23.7 Å². The number of hydrogen-bond acceptors (Lipinski definition) is 3. The summed E-state index contributed by atoms with van der Waals surface area (Å²) in [4.78, 5) is 0. The second-order valence-electron chi connectivity index (χ2n) is 1.99. The highest BCUT2D eigenvalue weighted by molar-refractivity contribution is 6.06. The van der Waals surface area contributed by atoms with Crippen LogP contribution in [0.5, 0.6) is 0 Å². The molecular weight excluding hydrogens is 215 g/mol. The molecule has 1 heterocycles. The Bertz CT molecular complexity index is 281. The summed E-state index contributed by atoms with van der Waals surface area (Å²) in [5, 5.41) is 14.1. The zero-order valence-corrected chi connectivity index (χ0v) is 8.17. The van der Waals surface area contributed by atoms with E-state index in [4.69, 9.17) is 26.7 Å². The van der Waals surface area contributed by atoms with Crippen molar-refractivity contribution in [2.45, 2.75) is 0 Å². The van der Waals surface area contributed by atoms with Gasteiger partial charge in [-0.2, -0.15) is 0 Å². The van der Waals surface area contributed by atoms with E-state index >= 15 is 0 Å². The lowest BCUT2D eigenvalue weighted by molar-refractivity contribution is 0.555. The smallest absolute Gasteiger partial charge is 0.178 e. The molecule has 0 aliphatic heterocycles. The van der Waals surface area contributed by atoms with Gasteiger partial charge in [0.25, 0.3) is 0 Å². The predicted octanol–water partition coefficient (Wildman–Crippen LogP) is 0.691. The van der Waals surface area contributed by atoms with Crippen molar-refractivity contribution < 1.29 is 4.42 Å².